The van der Waals surface area contributed by atoms with Gasteiger partial charge in [0.05, 0.1) is 13.2 Å². The van der Waals surface area contributed by atoms with Gasteiger partial charge in [-0.05, 0) is 45.1 Å². The molecule has 2 heterocycles. The Morgan fingerprint density at radius 1 is 1.36 bits per heavy atom. The van der Waals surface area contributed by atoms with Gasteiger partial charge in [0, 0.05) is 36.9 Å². The lowest BCUT2D eigenvalue weighted by atomic mass is 9.90. The summed E-state index contributed by atoms with van der Waals surface area (Å²) in [6, 6.07) is 0.456. The zero-order valence-corrected chi connectivity index (χ0v) is 15.9. The van der Waals surface area contributed by atoms with Crippen molar-refractivity contribution in [1.29, 1.82) is 0 Å². The quantitative estimate of drug-likeness (QED) is 0.853. The maximum atomic E-state index is 13.0. The lowest BCUT2D eigenvalue weighted by molar-refractivity contribution is 0.0297. The van der Waals surface area contributed by atoms with E-state index in [0.717, 1.165) is 32.4 Å². The van der Waals surface area contributed by atoms with E-state index in [4.69, 9.17) is 4.74 Å². The van der Waals surface area contributed by atoms with Crippen molar-refractivity contribution in [2.24, 2.45) is 5.92 Å². The Bertz CT molecular complexity index is 590. The fourth-order valence-electron chi connectivity index (χ4n) is 3.79. The molecule has 1 aromatic heterocycles. The first-order valence-corrected chi connectivity index (χ1v) is 9.79. The predicted molar refractivity (Wildman–Crippen MR) is 97.9 cm³/mol. The zero-order chi connectivity index (χ0) is 17.8. The lowest BCUT2D eigenvalue weighted by Gasteiger charge is -2.28. The summed E-state index contributed by atoms with van der Waals surface area (Å²) in [6.45, 7) is 11.1. The van der Waals surface area contributed by atoms with Crippen molar-refractivity contribution >= 4 is 5.91 Å². The number of aromatic nitrogens is 2. The average molecular weight is 348 g/mol. The number of ether oxygens (including phenoxy) is 1. The molecule has 0 radical (unpaired) electrons. The molecule has 1 saturated heterocycles. The number of nitrogens with one attached hydrogen (secondary N) is 1. The summed E-state index contributed by atoms with van der Waals surface area (Å²) in [5.41, 5.74) is 3.11. The van der Waals surface area contributed by atoms with E-state index < -0.39 is 0 Å². The minimum atomic E-state index is 0.0783. The van der Waals surface area contributed by atoms with Crippen LogP contribution in [0.3, 0.4) is 0 Å². The van der Waals surface area contributed by atoms with Gasteiger partial charge < -0.3 is 15.0 Å². The third-order valence-electron chi connectivity index (χ3n) is 5.30. The van der Waals surface area contributed by atoms with E-state index in [1.165, 1.54) is 17.7 Å². The number of carbonyl (C=O) groups excluding carboxylic acids is 1. The number of fused-ring (bicyclic) bond motifs is 1. The van der Waals surface area contributed by atoms with Crippen LogP contribution >= 0.6 is 0 Å². The Morgan fingerprint density at radius 2 is 2.12 bits per heavy atom. The Balaban J connectivity index is 1.74. The smallest absolute Gasteiger partial charge is 0.274 e. The fourth-order valence-corrected chi connectivity index (χ4v) is 3.79. The molecular formula is C19H32N4O2. The summed E-state index contributed by atoms with van der Waals surface area (Å²) >= 11 is 0. The molecule has 1 fully saturated rings. The Morgan fingerprint density at radius 3 is 2.80 bits per heavy atom. The van der Waals surface area contributed by atoms with Crippen molar-refractivity contribution in [3.63, 3.8) is 0 Å². The van der Waals surface area contributed by atoms with Crippen LogP contribution in [0, 0.1) is 5.92 Å². The van der Waals surface area contributed by atoms with Gasteiger partial charge in [0.25, 0.3) is 5.91 Å². The molecule has 0 aromatic carbocycles. The Kier molecular flexibility index (Phi) is 6.12. The fraction of sp³-hybridized carbons (Fsp3) is 0.789. The minimum absolute atomic E-state index is 0.0783. The monoisotopic (exact) mass is 348 g/mol. The third kappa shape index (κ3) is 4.23. The molecule has 1 aliphatic heterocycles. The first-order valence-electron chi connectivity index (χ1n) is 9.79. The number of hydrogen-bond acceptors (Lipinski definition) is 4. The number of carbonyl (C=O) groups is 1. The highest BCUT2D eigenvalue weighted by Crippen LogP contribution is 2.26. The van der Waals surface area contributed by atoms with Gasteiger partial charge in [-0.25, -0.2) is 0 Å². The topological polar surface area (TPSA) is 59.4 Å². The molecule has 2 aliphatic rings. The molecule has 1 unspecified atom stereocenters. The van der Waals surface area contributed by atoms with Crippen molar-refractivity contribution in [2.45, 2.75) is 59.0 Å². The van der Waals surface area contributed by atoms with Crippen molar-refractivity contribution in [2.75, 3.05) is 32.8 Å². The van der Waals surface area contributed by atoms with Crippen LogP contribution in [0.2, 0.25) is 0 Å². The number of rotatable bonds is 6. The molecule has 1 atom stereocenters. The number of hydrogen-bond donors (Lipinski definition) is 1. The van der Waals surface area contributed by atoms with Gasteiger partial charge in [-0.15, -0.1) is 0 Å². The lowest BCUT2D eigenvalue weighted by Crippen LogP contribution is -2.42. The summed E-state index contributed by atoms with van der Waals surface area (Å²) < 4.78 is 7.41. The van der Waals surface area contributed by atoms with Crippen LogP contribution in [0.5, 0.6) is 0 Å². The summed E-state index contributed by atoms with van der Waals surface area (Å²) in [4.78, 5) is 14.9. The Labute approximate surface area is 150 Å². The van der Waals surface area contributed by atoms with Gasteiger partial charge in [-0.1, -0.05) is 13.8 Å². The second-order valence-electron chi connectivity index (χ2n) is 7.57. The van der Waals surface area contributed by atoms with Gasteiger partial charge in [-0.2, -0.15) is 5.10 Å². The van der Waals surface area contributed by atoms with Gasteiger partial charge in [0.15, 0.2) is 5.69 Å². The molecular weight excluding hydrogens is 316 g/mol. The molecule has 6 heteroatoms. The van der Waals surface area contributed by atoms with Gasteiger partial charge in [-0.3, -0.25) is 9.48 Å². The second kappa shape index (κ2) is 8.32. The van der Waals surface area contributed by atoms with E-state index in [0.29, 0.717) is 44.0 Å². The van der Waals surface area contributed by atoms with Gasteiger partial charge in [0.2, 0.25) is 0 Å². The number of aryl methyl sites for hydroxylation is 1. The van der Waals surface area contributed by atoms with Crippen LogP contribution in [-0.4, -0.2) is 59.5 Å². The SMILES string of the molecule is CCn1nc(C(=O)N2CCOCC2)c2c1CCC(NCCC(C)C)C2. The van der Waals surface area contributed by atoms with Crippen LogP contribution in [0.1, 0.15) is 55.4 Å². The highest BCUT2D eigenvalue weighted by molar-refractivity contribution is 5.94. The molecule has 140 valence electrons. The maximum Gasteiger partial charge on any atom is 0.274 e. The number of nitrogens with zero attached hydrogens (tertiary/aromatic N) is 3. The molecule has 6 nitrogen and oxygen atoms in total. The average Bonchev–Trinajstić information content (AvgIpc) is 2.99. The summed E-state index contributed by atoms with van der Waals surface area (Å²) in [5.74, 6) is 0.794. The molecule has 1 N–H and O–H groups in total. The highest BCUT2D eigenvalue weighted by atomic mass is 16.5. The number of amides is 1. The van der Waals surface area contributed by atoms with Crippen LogP contribution < -0.4 is 5.32 Å². The summed E-state index contributed by atoms with van der Waals surface area (Å²) in [7, 11) is 0. The first-order chi connectivity index (χ1) is 12.1. The van der Waals surface area contributed by atoms with Crippen molar-refractivity contribution in [1.82, 2.24) is 20.0 Å². The van der Waals surface area contributed by atoms with E-state index in [-0.39, 0.29) is 5.91 Å². The molecule has 1 aliphatic carbocycles. The molecule has 25 heavy (non-hydrogen) atoms. The Hall–Kier alpha value is -1.40. The standard InChI is InChI=1S/C19H32N4O2/c1-4-23-17-6-5-15(20-8-7-14(2)3)13-16(17)18(21-23)19(24)22-9-11-25-12-10-22/h14-15,20H,4-13H2,1-3H3. The highest BCUT2D eigenvalue weighted by Gasteiger charge is 2.31. The molecule has 0 spiro atoms. The van der Waals surface area contributed by atoms with E-state index in [1.54, 1.807) is 0 Å². The predicted octanol–water partition coefficient (Wildman–Crippen LogP) is 1.87. The number of morpholine rings is 1. The van der Waals surface area contributed by atoms with Crippen molar-refractivity contribution in [3.8, 4) is 0 Å². The van der Waals surface area contributed by atoms with E-state index in [1.807, 2.05) is 9.58 Å². The van der Waals surface area contributed by atoms with Crippen molar-refractivity contribution in [3.05, 3.63) is 17.0 Å². The maximum absolute atomic E-state index is 13.0. The van der Waals surface area contributed by atoms with Crippen LogP contribution in [0.15, 0.2) is 0 Å². The molecule has 3 rings (SSSR count). The molecule has 0 bridgehead atoms. The third-order valence-corrected chi connectivity index (χ3v) is 5.30. The normalized spacial score (nSPS) is 20.8. The molecule has 1 amide bonds. The molecule has 1 aromatic rings. The van der Waals surface area contributed by atoms with Gasteiger partial charge >= 0.3 is 0 Å². The van der Waals surface area contributed by atoms with Crippen molar-refractivity contribution < 1.29 is 9.53 Å². The summed E-state index contributed by atoms with van der Waals surface area (Å²) in [6.07, 6.45) is 4.24. The van der Waals surface area contributed by atoms with Crippen LogP contribution in [0.4, 0.5) is 0 Å². The second-order valence-corrected chi connectivity index (χ2v) is 7.57. The minimum Gasteiger partial charge on any atom is -0.378 e. The van der Waals surface area contributed by atoms with E-state index in [9.17, 15) is 4.79 Å². The summed E-state index contributed by atoms with van der Waals surface area (Å²) in [5, 5.41) is 8.37. The van der Waals surface area contributed by atoms with Gasteiger partial charge in [0.1, 0.15) is 0 Å². The first kappa shape index (κ1) is 18.4. The van der Waals surface area contributed by atoms with E-state index >= 15 is 0 Å². The zero-order valence-electron chi connectivity index (χ0n) is 15.9. The molecule has 0 saturated carbocycles. The van der Waals surface area contributed by atoms with Crippen LogP contribution in [0.25, 0.3) is 0 Å². The van der Waals surface area contributed by atoms with Crippen LogP contribution in [-0.2, 0) is 24.1 Å². The van der Waals surface area contributed by atoms with E-state index in [2.05, 4.69) is 31.2 Å². The largest absolute Gasteiger partial charge is 0.378 e.